The summed E-state index contributed by atoms with van der Waals surface area (Å²) in [6.07, 6.45) is 1.29. The van der Waals surface area contributed by atoms with Crippen molar-refractivity contribution in [3.8, 4) is 17.4 Å². The molecule has 1 aromatic heterocycles. The minimum atomic E-state index is -0.729. The van der Waals surface area contributed by atoms with Crippen LogP contribution in [0.15, 0.2) is 69.1 Å². The number of nitrogens with zero attached hydrogens (tertiary/aromatic N) is 1. The Bertz CT molecular complexity index is 1090. The van der Waals surface area contributed by atoms with E-state index in [0.29, 0.717) is 16.5 Å². The first-order chi connectivity index (χ1) is 13.0. The molecule has 0 fully saturated rings. The molecule has 0 radical (unpaired) electrons. The zero-order chi connectivity index (χ0) is 19.4. The molecule has 0 atom stereocenters. The van der Waals surface area contributed by atoms with Gasteiger partial charge in [0.2, 0.25) is 0 Å². The molecule has 1 heterocycles. The van der Waals surface area contributed by atoms with Gasteiger partial charge in [-0.25, -0.2) is 4.39 Å². The quantitative estimate of drug-likeness (QED) is 0.393. The SMILES string of the molecule is N#C/C(=C/c1ccc(-c2ccc(Br)c(Cl)c2)o1)C(=O)Nc1ccccc1F. The fourth-order valence-electron chi connectivity index (χ4n) is 2.28. The van der Waals surface area contributed by atoms with Crippen molar-refractivity contribution in [2.45, 2.75) is 0 Å². The Balaban J connectivity index is 1.83. The van der Waals surface area contributed by atoms with Crippen LogP contribution in [0.5, 0.6) is 0 Å². The lowest BCUT2D eigenvalue weighted by molar-refractivity contribution is -0.112. The lowest BCUT2D eigenvalue weighted by atomic mass is 10.2. The van der Waals surface area contributed by atoms with Crippen LogP contribution in [0.3, 0.4) is 0 Å². The number of furan rings is 1. The molecule has 134 valence electrons. The van der Waals surface area contributed by atoms with E-state index >= 15 is 0 Å². The minimum Gasteiger partial charge on any atom is -0.457 e. The van der Waals surface area contributed by atoms with E-state index in [4.69, 9.17) is 16.0 Å². The topological polar surface area (TPSA) is 66.0 Å². The fourth-order valence-corrected chi connectivity index (χ4v) is 2.71. The lowest BCUT2D eigenvalue weighted by Crippen LogP contribution is -2.14. The zero-order valence-corrected chi connectivity index (χ0v) is 16.0. The van der Waals surface area contributed by atoms with Crippen LogP contribution in [0.4, 0.5) is 10.1 Å². The van der Waals surface area contributed by atoms with Gasteiger partial charge in [0, 0.05) is 16.1 Å². The minimum absolute atomic E-state index is 0.00621. The number of para-hydroxylation sites is 1. The number of rotatable bonds is 4. The maximum absolute atomic E-state index is 13.6. The molecule has 0 saturated carbocycles. The number of carbonyl (C=O) groups excluding carboxylic acids is 1. The summed E-state index contributed by atoms with van der Waals surface area (Å²) in [5, 5.41) is 12.2. The van der Waals surface area contributed by atoms with Gasteiger partial charge < -0.3 is 9.73 Å². The Labute approximate surface area is 168 Å². The van der Waals surface area contributed by atoms with E-state index < -0.39 is 11.7 Å². The Morgan fingerprint density at radius 3 is 2.70 bits per heavy atom. The molecular weight excluding hydrogens is 435 g/mol. The molecule has 0 saturated heterocycles. The maximum atomic E-state index is 13.6. The van der Waals surface area contributed by atoms with E-state index in [9.17, 15) is 14.4 Å². The fraction of sp³-hybridized carbons (Fsp3) is 0. The number of amides is 1. The highest BCUT2D eigenvalue weighted by Gasteiger charge is 2.13. The van der Waals surface area contributed by atoms with Crippen LogP contribution in [-0.2, 0) is 4.79 Å². The number of nitriles is 1. The van der Waals surface area contributed by atoms with Crippen LogP contribution in [-0.4, -0.2) is 5.91 Å². The molecular formula is C20H11BrClFN2O2. The van der Waals surface area contributed by atoms with Crippen LogP contribution in [0.25, 0.3) is 17.4 Å². The van der Waals surface area contributed by atoms with Crippen LogP contribution in [0, 0.1) is 17.1 Å². The summed E-state index contributed by atoms with van der Waals surface area (Å²) in [5.74, 6) is -0.477. The second-order valence-electron chi connectivity index (χ2n) is 5.43. The Kier molecular flexibility index (Phi) is 5.75. The number of carbonyl (C=O) groups is 1. The summed E-state index contributed by atoms with van der Waals surface area (Å²) < 4.78 is 20.1. The number of benzene rings is 2. The van der Waals surface area contributed by atoms with Crippen molar-refractivity contribution in [2.24, 2.45) is 0 Å². The van der Waals surface area contributed by atoms with Gasteiger partial charge in [-0.1, -0.05) is 29.8 Å². The van der Waals surface area contributed by atoms with E-state index in [0.717, 1.165) is 10.0 Å². The van der Waals surface area contributed by atoms with E-state index in [1.807, 2.05) is 6.07 Å². The molecule has 0 aliphatic heterocycles. The summed E-state index contributed by atoms with van der Waals surface area (Å²) in [7, 11) is 0. The van der Waals surface area contributed by atoms with Gasteiger partial charge in [-0.2, -0.15) is 5.26 Å². The van der Waals surface area contributed by atoms with Gasteiger partial charge in [0.1, 0.15) is 29.0 Å². The number of hydrogen-bond donors (Lipinski definition) is 1. The molecule has 7 heteroatoms. The van der Waals surface area contributed by atoms with Crippen molar-refractivity contribution >= 4 is 45.2 Å². The van der Waals surface area contributed by atoms with Crippen LogP contribution >= 0.6 is 27.5 Å². The largest absolute Gasteiger partial charge is 0.457 e. The molecule has 4 nitrogen and oxygen atoms in total. The third-order valence-corrected chi connectivity index (χ3v) is 4.84. The molecule has 0 spiro atoms. The van der Waals surface area contributed by atoms with Crippen LogP contribution < -0.4 is 5.32 Å². The molecule has 2 aromatic carbocycles. The Hall–Kier alpha value is -2.88. The summed E-state index contributed by atoms with van der Waals surface area (Å²) >= 11 is 9.40. The smallest absolute Gasteiger partial charge is 0.266 e. The van der Waals surface area contributed by atoms with Gasteiger partial charge in [0.05, 0.1) is 10.7 Å². The van der Waals surface area contributed by atoms with Crippen molar-refractivity contribution in [3.05, 3.63) is 81.2 Å². The molecule has 1 N–H and O–H groups in total. The maximum Gasteiger partial charge on any atom is 0.266 e. The van der Waals surface area contributed by atoms with Crippen LogP contribution in [0.1, 0.15) is 5.76 Å². The predicted molar refractivity (Wildman–Crippen MR) is 105 cm³/mol. The van der Waals surface area contributed by atoms with Crippen molar-refractivity contribution in [3.63, 3.8) is 0 Å². The molecule has 3 rings (SSSR count). The Morgan fingerprint density at radius 2 is 2.00 bits per heavy atom. The van der Waals surface area contributed by atoms with Gasteiger partial charge in [-0.05, 0) is 52.3 Å². The van der Waals surface area contributed by atoms with Gasteiger partial charge in [-0.15, -0.1) is 0 Å². The molecule has 27 heavy (non-hydrogen) atoms. The van der Waals surface area contributed by atoms with Crippen LogP contribution in [0.2, 0.25) is 5.02 Å². The Morgan fingerprint density at radius 1 is 1.22 bits per heavy atom. The number of hydrogen-bond acceptors (Lipinski definition) is 3. The monoisotopic (exact) mass is 444 g/mol. The first-order valence-electron chi connectivity index (χ1n) is 7.71. The molecule has 0 unspecified atom stereocenters. The van der Waals surface area contributed by atoms with Crippen molar-refractivity contribution in [1.82, 2.24) is 0 Å². The van der Waals surface area contributed by atoms with E-state index in [-0.39, 0.29) is 11.3 Å². The lowest BCUT2D eigenvalue weighted by Gasteiger charge is -2.04. The molecule has 1 amide bonds. The van der Waals surface area contributed by atoms with Crippen molar-refractivity contribution in [2.75, 3.05) is 5.32 Å². The summed E-state index contributed by atoms with van der Waals surface area (Å²) in [6.45, 7) is 0. The van der Waals surface area contributed by atoms with Gasteiger partial charge >= 0.3 is 0 Å². The van der Waals surface area contributed by atoms with Gasteiger partial charge in [0.25, 0.3) is 5.91 Å². The summed E-state index contributed by atoms with van der Waals surface area (Å²) in [5.41, 5.74) is 0.526. The normalized spacial score (nSPS) is 11.1. The third-order valence-electron chi connectivity index (χ3n) is 3.60. The highest BCUT2D eigenvalue weighted by atomic mass is 79.9. The number of anilines is 1. The number of halogens is 3. The average Bonchev–Trinajstić information content (AvgIpc) is 3.12. The molecule has 3 aromatic rings. The van der Waals surface area contributed by atoms with Gasteiger partial charge in [0.15, 0.2) is 0 Å². The zero-order valence-electron chi connectivity index (χ0n) is 13.7. The molecule has 0 bridgehead atoms. The molecule has 0 aliphatic rings. The van der Waals surface area contributed by atoms with E-state index in [1.165, 1.54) is 24.3 Å². The third kappa shape index (κ3) is 4.45. The summed E-state index contributed by atoms with van der Waals surface area (Å²) in [4.78, 5) is 12.2. The van der Waals surface area contributed by atoms with E-state index in [2.05, 4.69) is 21.2 Å². The second kappa shape index (κ2) is 8.21. The highest BCUT2D eigenvalue weighted by molar-refractivity contribution is 9.10. The summed E-state index contributed by atoms with van der Waals surface area (Å²) in [6, 6.07) is 16.2. The van der Waals surface area contributed by atoms with E-state index in [1.54, 1.807) is 36.4 Å². The second-order valence-corrected chi connectivity index (χ2v) is 6.70. The standard InChI is InChI=1S/C20H11BrClFN2O2/c21-15-7-5-12(10-16(15)22)19-8-6-14(27-19)9-13(11-24)20(26)25-18-4-2-1-3-17(18)23/h1-10H,(H,25,26)/b13-9-. The van der Waals surface area contributed by atoms with Crippen molar-refractivity contribution < 1.29 is 13.6 Å². The van der Waals surface area contributed by atoms with Crippen molar-refractivity contribution in [1.29, 1.82) is 5.26 Å². The average molecular weight is 446 g/mol. The predicted octanol–water partition coefficient (Wildman–Crippen LogP) is 6.05. The first kappa shape index (κ1) is 18.9. The first-order valence-corrected chi connectivity index (χ1v) is 8.88. The van der Waals surface area contributed by atoms with Gasteiger partial charge in [-0.3, -0.25) is 4.79 Å². The molecule has 0 aliphatic carbocycles. The number of nitrogens with one attached hydrogen (secondary N) is 1. The highest BCUT2D eigenvalue weighted by Crippen LogP contribution is 2.30.